The number of anilines is 1. The van der Waals surface area contributed by atoms with Crippen molar-refractivity contribution in [1.29, 1.82) is 0 Å². The molecule has 27 heavy (non-hydrogen) atoms. The Labute approximate surface area is 159 Å². The molecule has 0 bridgehead atoms. The summed E-state index contributed by atoms with van der Waals surface area (Å²) in [7, 11) is 0. The van der Waals surface area contributed by atoms with Gasteiger partial charge in [-0.15, -0.1) is 0 Å². The van der Waals surface area contributed by atoms with Crippen molar-refractivity contribution in [3.05, 3.63) is 90.0 Å². The smallest absolute Gasteiger partial charge is 0.262 e. The van der Waals surface area contributed by atoms with E-state index in [1.54, 1.807) is 6.07 Å². The van der Waals surface area contributed by atoms with Crippen LogP contribution in [0.3, 0.4) is 0 Å². The van der Waals surface area contributed by atoms with E-state index in [0.717, 1.165) is 17.7 Å². The molecule has 1 N–H and O–H groups in total. The molecule has 0 atom stereocenters. The van der Waals surface area contributed by atoms with Crippen molar-refractivity contribution < 1.29 is 14.3 Å². The van der Waals surface area contributed by atoms with Crippen LogP contribution in [0.4, 0.5) is 5.69 Å². The molecule has 0 spiro atoms. The number of para-hydroxylation sites is 3. The molecule has 0 saturated heterocycles. The van der Waals surface area contributed by atoms with Crippen LogP contribution in [0.15, 0.2) is 78.9 Å². The third-order valence-corrected chi connectivity index (χ3v) is 4.04. The van der Waals surface area contributed by atoms with Crippen LogP contribution in [0, 0.1) is 0 Å². The maximum Gasteiger partial charge on any atom is 0.262 e. The van der Waals surface area contributed by atoms with E-state index in [-0.39, 0.29) is 12.5 Å². The molecule has 0 radical (unpaired) electrons. The highest BCUT2D eigenvalue weighted by molar-refractivity contribution is 5.92. The Hall–Kier alpha value is -3.27. The average molecular weight is 361 g/mol. The van der Waals surface area contributed by atoms with E-state index in [4.69, 9.17) is 9.47 Å². The predicted octanol–water partition coefficient (Wildman–Crippen LogP) is 4.69. The minimum absolute atomic E-state index is 0.0796. The molecule has 0 aliphatic carbocycles. The van der Waals surface area contributed by atoms with Crippen molar-refractivity contribution in [1.82, 2.24) is 0 Å². The van der Waals surface area contributed by atoms with Crippen LogP contribution in [0.1, 0.15) is 18.1 Å². The molecule has 0 aliphatic heterocycles. The summed E-state index contributed by atoms with van der Waals surface area (Å²) in [6.45, 7) is 2.37. The van der Waals surface area contributed by atoms with E-state index >= 15 is 0 Å². The van der Waals surface area contributed by atoms with Crippen LogP contribution in [-0.2, 0) is 11.2 Å². The Morgan fingerprint density at radius 2 is 1.44 bits per heavy atom. The number of nitrogens with one attached hydrogen (secondary N) is 1. The van der Waals surface area contributed by atoms with Crippen LogP contribution in [0.25, 0.3) is 0 Å². The first-order valence-corrected chi connectivity index (χ1v) is 9.02. The van der Waals surface area contributed by atoms with Crippen LogP contribution in [0.5, 0.6) is 11.5 Å². The predicted molar refractivity (Wildman–Crippen MR) is 107 cm³/mol. The Bertz CT molecular complexity index is 878. The standard InChI is InChI=1S/C23H23NO3/c1-2-26-21-14-8-9-15-22(21)27-17-23(25)24-20-13-7-6-12-19(20)16-18-10-4-3-5-11-18/h3-15H,2,16-17H2,1H3,(H,24,25). The second-order valence-electron chi connectivity index (χ2n) is 6.04. The number of hydrogen-bond acceptors (Lipinski definition) is 3. The number of amides is 1. The van der Waals surface area contributed by atoms with Gasteiger partial charge in [0.15, 0.2) is 18.1 Å². The molecule has 4 heteroatoms. The highest BCUT2D eigenvalue weighted by Crippen LogP contribution is 2.26. The lowest BCUT2D eigenvalue weighted by molar-refractivity contribution is -0.118. The van der Waals surface area contributed by atoms with Crippen LogP contribution >= 0.6 is 0 Å². The van der Waals surface area contributed by atoms with Gasteiger partial charge in [-0.3, -0.25) is 4.79 Å². The van der Waals surface area contributed by atoms with Gasteiger partial charge >= 0.3 is 0 Å². The Kier molecular flexibility index (Phi) is 6.47. The van der Waals surface area contributed by atoms with Crippen molar-refractivity contribution in [2.24, 2.45) is 0 Å². The van der Waals surface area contributed by atoms with E-state index in [2.05, 4.69) is 17.4 Å². The highest BCUT2D eigenvalue weighted by Gasteiger charge is 2.10. The summed E-state index contributed by atoms with van der Waals surface area (Å²) in [5.74, 6) is 0.992. The maximum absolute atomic E-state index is 12.4. The number of rotatable bonds is 8. The molecule has 0 heterocycles. The minimum atomic E-state index is -0.207. The lowest BCUT2D eigenvalue weighted by Crippen LogP contribution is -2.21. The molecule has 3 aromatic carbocycles. The molecule has 0 fully saturated rings. The van der Waals surface area contributed by atoms with E-state index < -0.39 is 0 Å². The molecule has 3 rings (SSSR count). The highest BCUT2D eigenvalue weighted by atomic mass is 16.5. The van der Waals surface area contributed by atoms with Crippen molar-refractivity contribution in [2.45, 2.75) is 13.3 Å². The molecule has 4 nitrogen and oxygen atoms in total. The molecule has 0 aromatic heterocycles. The first-order valence-electron chi connectivity index (χ1n) is 9.02. The van der Waals surface area contributed by atoms with Gasteiger partial charge in [-0.2, -0.15) is 0 Å². The van der Waals surface area contributed by atoms with E-state index in [1.807, 2.05) is 67.6 Å². The second kappa shape index (κ2) is 9.43. The fraction of sp³-hybridized carbons (Fsp3) is 0.174. The van der Waals surface area contributed by atoms with Crippen LogP contribution in [0.2, 0.25) is 0 Å². The largest absolute Gasteiger partial charge is 0.490 e. The van der Waals surface area contributed by atoms with Gasteiger partial charge in [0, 0.05) is 5.69 Å². The van der Waals surface area contributed by atoms with Gasteiger partial charge in [0.2, 0.25) is 0 Å². The lowest BCUT2D eigenvalue weighted by atomic mass is 10.0. The molecule has 1 amide bonds. The Morgan fingerprint density at radius 3 is 2.19 bits per heavy atom. The lowest BCUT2D eigenvalue weighted by Gasteiger charge is -2.13. The Morgan fingerprint density at radius 1 is 0.815 bits per heavy atom. The van der Waals surface area contributed by atoms with Gasteiger partial charge < -0.3 is 14.8 Å². The zero-order valence-electron chi connectivity index (χ0n) is 15.4. The number of carbonyl (C=O) groups is 1. The maximum atomic E-state index is 12.4. The summed E-state index contributed by atoms with van der Waals surface area (Å²) in [5.41, 5.74) is 3.06. The fourth-order valence-corrected chi connectivity index (χ4v) is 2.79. The molecule has 0 saturated carbocycles. The monoisotopic (exact) mass is 361 g/mol. The van der Waals surface area contributed by atoms with Crippen LogP contribution in [-0.4, -0.2) is 19.1 Å². The van der Waals surface area contributed by atoms with Crippen molar-refractivity contribution in [3.63, 3.8) is 0 Å². The fourth-order valence-electron chi connectivity index (χ4n) is 2.79. The third kappa shape index (κ3) is 5.35. The first kappa shape index (κ1) is 18.5. The average Bonchev–Trinajstić information content (AvgIpc) is 2.70. The summed E-state index contributed by atoms with van der Waals surface area (Å²) in [4.78, 5) is 12.4. The van der Waals surface area contributed by atoms with Gasteiger partial charge in [-0.1, -0.05) is 60.7 Å². The van der Waals surface area contributed by atoms with E-state index in [0.29, 0.717) is 18.1 Å². The number of hydrogen-bond donors (Lipinski definition) is 1. The van der Waals surface area contributed by atoms with Gasteiger partial charge in [0.1, 0.15) is 0 Å². The summed E-state index contributed by atoms with van der Waals surface area (Å²) >= 11 is 0. The topological polar surface area (TPSA) is 47.6 Å². The second-order valence-corrected chi connectivity index (χ2v) is 6.04. The number of carbonyl (C=O) groups excluding carboxylic acids is 1. The zero-order valence-corrected chi connectivity index (χ0v) is 15.4. The quantitative estimate of drug-likeness (QED) is 0.633. The van der Waals surface area contributed by atoms with Crippen molar-refractivity contribution in [2.75, 3.05) is 18.5 Å². The molecule has 0 unspecified atom stereocenters. The molecular formula is C23H23NO3. The summed E-state index contributed by atoms with van der Waals surface area (Å²) in [6.07, 6.45) is 0.755. The summed E-state index contributed by atoms with van der Waals surface area (Å²) in [6, 6.07) is 25.3. The van der Waals surface area contributed by atoms with Crippen molar-refractivity contribution in [3.8, 4) is 11.5 Å². The first-order chi connectivity index (χ1) is 13.3. The molecule has 138 valence electrons. The van der Waals surface area contributed by atoms with Gasteiger partial charge in [-0.25, -0.2) is 0 Å². The molecular weight excluding hydrogens is 338 g/mol. The van der Waals surface area contributed by atoms with Crippen molar-refractivity contribution >= 4 is 11.6 Å². The van der Waals surface area contributed by atoms with E-state index in [1.165, 1.54) is 5.56 Å². The van der Waals surface area contributed by atoms with Gasteiger partial charge in [-0.05, 0) is 42.7 Å². The van der Waals surface area contributed by atoms with E-state index in [9.17, 15) is 4.79 Å². The minimum Gasteiger partial charge on any atom is -0.490 e. The summed E-state index contributed by atoms with van der Waals surface area (Å²) in [5, 5.41) is 2.95. The normalized spacial score (nSPS) is 10.3. The third-order valence-electron chi connectivity index (χ3n) is 4.04. The zero-order chi connectivity index (χ0) is 18.9. The Balaban J connectivity index is 1.63. The number of ether oxygens (including phenoxy) is 2. The van der Waals surface area contributed by atoms with Gasteiger partial charge in [0.25, 0.3) is 5.91 Å². The number of benzene rings is 3. The van der Waals surface area contributed by atoms with Gasteiger partial charge in [0.05, 0.1) is 6.61 Å². The molecule has 3 aromatic rings. The summed E-state index contributed by atoms with van der Waals surface area (Å²) < 4.78 is 11.2. The SMILES string of the molecule is CCOc1ccccc1OCC(=O)Nc1ccccc1Cc1ccccc1. The molecule has 0 aliphatic rings. The van der Waals surface area contributed by atoms with Crippen LogP contribution < -0.4 is 14.8 Å².